The highest BCUT2D eigenvalue weighted by molar-refractivity contribution is 5.94. The zero-order valence-electron chi connectivity index (χ0n) is 15.6. The van der Waals surface area contributed by atoms with Crippen LogP contribution >= 0.6 is 0 Å². The van der Waals surface area contributed by atoms with Gasteiger partial charge in [0.1, 0.15) is 0 Å². The fraction of sp³-hybridized carbons (Fsp3) is 0.667. The van der Waals surface area contributed by atoms with E-state index in [0.717, 1.165) is 31.7 Å². The first-order valence-corrected chi connectivity index (χ1v) is 10.2. The molecule has 1 N–H and O–H groups in total. The third-order valence-corrected chi connectivity index (χ3v) is 6.38. The third-order valence-electron chi connectivity index (χ3n) is 6.38. The minimum absolute atomic E-state index is 0.111. The number of hydrogen-bond donors (Lipinski definition) is 1. The number of carbonyl (C=O) groups excluding carboxylic acids is 1. The average molecular weight is 357 g/mol. The minimum Gasteiger partial charge on any atom is -0.396 e. The van der Waals surface area contributed by atoms with Gasteiger partial charge in [-0.3, -0.25) is 4.79 Å². The van der Waals surface area contributed by atoms with E-state index in [2.05, 4.69) is 21.9 Å². The van der Waals surface area contributed by atoms with Crippen LogP contribution in [0.2, 0.25) is 0 Å². The number of likely N-dealkylation sites (tertiary alicyclic amines) is 2. The Bertz CT molecular complexity index is 606. The van der Waals surface area contributed by atoms with E-state index in [1.807, 2.05) is 17.0 Å². The summed E-state index contributed by atoms with van der Waals surface area (Å²) < 4.78 is 0. The number of benzene rings is 1. The maximum atomic E-state index is 12.9. The Morgan fingerprint density at radius 1 is 0.923 bits per heavy atom. The lowest BCUT2D eigenvalue weighted by Crippen LogP contribution is -2.32. The minimum atomic E-state index is 0.111. The summed E-state index contributed by atoms with van der Waals surface area (Å²) in [5.74, 6) is 0.717. The van der Waals surface area contributed by atoms with Gasteiger partial charge < -0.3 is 19.8 Å². The molecule has 4 rings (SSSR count). The number of aliphatic hydroxyl groups excluding tert-OH is 1. The highest BCUT2D eigenvalue weighted by Crippen LogP contribution is 2.27. The van der Waals surface area contributed by atoms with Crippen LogP contribution in [0.5, 0.6) is 0 Å². The first-order chi connectivity index (χ1) is 12.7. The molecule has 0 saturated carbocycles. The fourth-order valence-corrected chi connectivity index (χ4v) is 4.79. The van der Waals surface area contributed by atoms with Crippen molar-refractivity contribution in [2.24, 2.45) is 11.8 Å². The Kier molecular flexibility index (Phi) is 5.46. The predicted molar refractivity (Wildman–Crippen MR) is 104 cm³/mol. The molecule has 5 heteroatoms. The molecule has 2 atom stereocenters. The van der Waals surface area contributed by atoms with Crippen LogP contribution in [0.25, 0.3) is 0 Å². The second kappa shape index (κ2) is 7.97. The van der Waals surface area contributed by atoms with Gasteiger partial charge in [0, 0.05) is 56.5 Å². The molecule has 0 bridgehead atoms. The van der Waals surface area contributed by atoms with E-state index in [1.54, 1.807) is 0 Å². The van der Waals surface area contributed by atoms with Crippen molar-refractivity contribution in [2.75, 3.05) is 57.3 Å². The lowest BCUT2D eigenvalue weighted by Gasteiger charge is -2.23. The molecule has 0 unspecified atom stereocenters. The molecule has 3 aliphatic rings. The molecule has 3 fully saturated rings. The van der Waals surface area contributed by atoms with Crippen LogP contribution in [0.3, 0.4) is 0 Å². The topological polar surface area (TPSA) is 47.0 Å². The van der Waals surface area contributed by atoms with Gasteiger partial charge in [0.2, 0.25) is 0 Å². The number of anilines is 1. The number of hydrogen-bond acceptors (Lipinski definition) is 4. The monoisotopic (exact) mass is 357 g/mol. The zero-order chi connectivity index (χ0) is 17.9. The largest absolute Gasteiger partial charge is 0.396 e. The van der Waals surface area contributed by atoms with Gasteiger partial charge in [0.15, 0.2) is 0 Å². The van der Waals surface area contributed by atoms with E-state index in [-0.39, 0.29) is 18.4 Å². The second-order valence-electron chi connectivity index (χ2n) is 8.16. The molecular formula is C21H31N3O2. The van der Waals surface area contributed by atoms with E-state index >= 15 is 0 Å². The summed E-state index contributed by atoms with van der Waals surface area (Å²) in [5, 5.41) is 9.78. The van der Waals surface area contributed by atoms with Gasteiger partial charge in [-0.05, 0) is 69.0 Å². The molecule has 0 aliphatic carbocycles. The van der Waals surface area contributed by atoms with Gasteiger partial charge in [0.05, 0.1) is 0 Å². The van der Waals surface area contributed by atoms with Crippen molar-refractivity contribution < 1.29 is 9.90 Å². The van der Waals surface area contributed by atoms with Crippen LogP contribution in [0, 0.1) is 11.8 Å². The van der Waals surface area contributed by atoms with Crippen LogP contribution in [-0.4, -0.2) is 73.2 Å². The number of nitrogens with zero attached hydrogens (tertiary/aromatic N) is 3. The first kappa shape index (κ1) is 17.8. The highest BCUT2D eigenvalue weighted by Gasteiger charge is 2.36. The molecule has 142 valence electrons. The van der Waals surface area contributed by atoms with Crippen LogP contribution in [0.1, 0.15) is 36.0 Å². The Balaban J connectivity index is 1.39. The van der Waals surface area contributed by atoms with Gasteiger partial charge in [0.25, 0.3) is 5.91 Å². The summed E-state index contributed by atoms with van der Waals surface area (Å²) >= 11 is 0. The summed E-state index contributed by atoms with van der Waals surface area (Å²) in [6.07, 6.45) is 5.08. The Labute approximate surface area is 156 Å². The van der Waals surface area contributed by atoms with Crippen LogP contribution < -0.4 is 4.90 Å². The van der Waals surface area contributed by atoms with Crippen molar-refractivity contribution in [2.45, 2.75) is 25.7 Å². The molecule has 3 saturated heterocycles. The number of amides is 1. The number of carbonyl (C=O) groups is 1. The van der Waals surface area contributed by atoms with Gasteiger partial charge in [-0.1, -0.05) is 0 Å². The third kappa shape index (κ3) is 3.74. The molecule has 0 spiro atoms. The lowest BCUT2D eigenvalue weighted by molar-refractivity contribution is 0.0779. The molecule has 1 aromatic carbocycles. The van der Waals surface area contributed by atoms with Gasteiger partial charge in [-0.25, -0.2) is 0 Å². The average Bonchev–Trinajstić information content (AvgIpc) is 3.43. The van der Waals surface area contributed by atoms with Crippen LogP contribution in [0.15, 0.2) is 24.3 Å². The SMILES string of the molecule is O=C(c1ccc(N2CCCC2)cc1)N1C[C@@H](CO)[C@@H](CN2CCCC2)C1. The number of aliphatic hydroxyl groups is 1. The Morgan fingerprint density at radius 2 is 1.54 bits per heavy atom. The summed E-state index contributed by atoms with van der Waals surface area (Å²) in [4.78, 5) is 19.8. The van der Waals surface area contributed by atoms with Crippen molar-refractivity contribution in [3.63, 3.8) is 0 Å². The Morgan fingerprint density at radius 3 is 2.19 bits per heavy atom. The second-order valence-corrected chi connectivity index (χ2v) is 8.16. The van der Waals surface area contributed by atoms with Crippen molar-refractivity contribution in [1.82, 2.24) is 9.80 Å². The van der Waals surface area contributed by atoms with Crippen LogP contribution in [-0.2, 0) is 0 Å². The lowest BCUT2D eigenvalue weighted by atomic mass is 9.96. The molecule has 1 amide bonds. The zero-order valence-corrected chi connectivity index (χ0v) is 15.6. The van der Waals surface area contributed by atoms with Crippen molar-refractivity contribution in [3.8, 4) is 0 Å². The normalized spacial score (nSPS) is 26.8. The fourth-order valence-electron chi connectivity index (χ4n) is 4.79. The van der Waals surface area contributed by atoms with E-state index < -0.39 is 0 Å². The molecule has 0 radical (unpaired) electrons. The molecule has 5 nitrogen and oxygen atoms in total. The molecule has 3 aliphatic heterocycles. The highest BCUT2D eigenvalue weighted by atomic mass is 16.3. The van der Waals surface area contributed by atoms with Gasteiger partial charge in [-0.15, -0.1) is 0 Å². The van der Waals surface area contributed by atoms with E-state index in [4.69, 9.17) is 0 Å². The van der Waals surface area contributed by atoms with Crippen molar-refractivity contribution in [3.05, 3.63) is 29.8 Å². The first-order valence-electron chi connectivity index (χ1n) is 10.2. The standard InChI is InChI=1S/C21H31N3O2/c25-16-19-15-24(14-18(19)13-22-9-1-2-10-22)21(26)17-5-7-20(8-6-17)23-11-3-4-12-23/h5-8,18-19,25H,1-4,9-16H2/t18-,19-/m0/s1. The van der Waals surface area contributed by atoms with Crippen molar-refractivity contribution in [1.29, 1.82) is 0 Å². The maximum Gasteiger partial charge on any atom is 0.253 e. The Hall–Kier alpha value is -1.59. The number of rotatable bonds is 5. The van der Waals surface area contributed by atoms with E-state index in [0.29, 0.717) is 12.5 Å². The van der Waals surface area contributed by atoms with Crippen molar-refractivity contribution >= 4 is 11.6 Å². The molecule has 3 heterocycles. The van der Waals surface area contributed by atoms with E-state index in [1.165, 1.54) is 44.5 Å². The van der Waals surface area contributed by atoms with Crippen LogP contribution in [0.4, 0.5) is 5.69 Å². The van der Waals surface area contributed by atoms with Gasteiger partial charge in [-0.2, -0.15) is 0 Å². The summed E-state index contributed by atoms with van der Waals surface area (Å²) in [6.45, 7) is 7.22. The maximum absolute atomic E-state index is 12.9. The molecule has 26 heavy (non-hydrogen) atoms. The van der Waals surface area contributed by atoms with E-state index in [9.17, 15) is 9.90 Å². The smallest absolute Gasteiger partial charge is 0.253 e. The summed E-state index contributed by atoms with van der Waals surface area (Å²) in [7, 11) is 0. The summed E-state index contributed by atoms with van der Waals surface area (Å²) in [6, 6.07) is 8.11. The quantitative estimate of drug-likeness (QED) is 0.876. The molecular weight excluding hydrogens is 326 g/mol. The molecule has 1 aromatic rings. The predicted octanol–water partition coefficient (Wildman–Crippen LogP) is 2.06. The van der Waals surface area contributed by atoms with Gasteiger partial charge >= 0.3 is 0 Å². The molecule has 0 aromatic heterocycles. The summed E-state index contributed by atoms with van der Waals surface area (Å²) in [5.41, 5.74) is 1.99.